The Balaban J connectivity index is 3.20. The third-order valence-corrected chi connectivity index (χ3v) is 2.86. The van der Waals surface area contributed by atoms with Crippen LogP contribution in [0.15, 0.2) is 18.2 Å². The zero-order valence-corrected chi connectivity index (χ0v) is 9.13. The average molecular weight is 243 g/mol. The van der Waals surface area contributed by atoms with Crippen molar-refractivity contribution in [3.8, 4) is 0 Å². The first kappa shape index (κ1) is 10.3. The fourth-order valence-electron chi connectivity index (χ4n) is 1.35. The molecule has 0 radical (unpaired) electrons. The van der Waals surface area contributed by atoms with E-state index in [1.165, 1.54) is 0 Å². The lowest BCUT2D eigenvalue weighted by atomic mass is 10.0. The molecule has 13 heavy (non-hydrogen) atoms. The molecule has 70 valence electrons. The summed E-state index contributed by atoms with van der Waals surface area (Å²) in [6.07, 6.45) is 0. The maximum Gasteiger partial charge on any atom is 0.321 e. The van der Waals surface area contributed by atoms with Gasteiger partial charge in [-0.25, -0.2) is 0 Å². The van der Waals surface area contributed by atoms with Crippen LogP contribution in [0.3, 0.4) is 0 Å². The van der Waals surface area contributed by atoms with Crippen LogP contribution in [0.25, 0.3) is 0 Å². The number of carboxylic acid groups (broad SMARTS) is 1. The van der Waals surface area contributed by atoms with E-state index >= 15 is 0 Å². The molecule has 1 aromatic carbocycles. The number of benzene rings is 1. The molecule has 0 fully saturated rings. The lowest BCUT2D eigenvalue weighted by Crippen LogP contribution is -2.07. The monoisotopic (exact) mass is 242 g/mol. The smallest absolute Gasteiger partial charge is 0.321 e. The van der Waals surface area contributed by atoms with Crippen LogP contribution in [0, 0.1) is 13.8 Å². The molecule has 0 saturated heterocycles. The standard InChI is InChI=1S/C10H11BrO2/c1-6-4-3-5-7(2)8(6)9(11)10(12)13/h3-5,9H,1-2H3,(H,12,13). The lowest BCUT2D eigenvalue weighted by Gasteiger charge is -2.11. The molecule has 1 atom stereocenters. The zero-order valence-electron chi connectivity index (χ0n) is 7.54. The average Bonchev–Trinajstić information content (AvgIpc) is 2.03. The second kappa shape index (κ2) is 3.92. The van der Waals surface area contributed by atoms with Crippen LogP contribution >= 0.6 is 15.9 Å². The summed E-state index contributed by atoms with van der Waals surface area (Å²) in [6.45, 7) is 3.83. The first-order valence-corrected chi connectivity index (χ1v) is 4.88. The van der Waals surface area contributed by atoms with Crippen LogP contribution in [-0.2, 0) is 4.79 Å². The minimum atomic E-state index is -0.850. The van der Waals surface area contributed by atoms with E-state index in [1.807, 2.05) is 32.0 Å². The van der Waals surface area contributed by atoms with Crippen molar-refractivity contribution in [2.75, 3.05) is 0 Å². The van der Waals surface area contributed by atoms with Crippen molar-refractivity contribution in [3.05, 3.63) is 34.9 Å². The maximum absolute atomic E-state index is 10.8. The van der Waals surface area contributed by atoms with Crippen molar-refractivity contribution in [2.24, 2.45) is 0 Å². The fourth-order valence-corrected chi connectivity index (χ4v) is 2.07. The summed E-state index contributed by atoms with van der Waals surface area (Å²) >= 11 is 3.15. The fraction of sp³-hybridized carbons (Fsp3) is 0.300. The van der Waals surface area contributed by atoms with E-state index in [-0.39, 0.29) is 0 Å². The highest BCUT2D eigenvalue weighted by Gasteiger charge is 2.19. The van der Waals surface area contributed by atoms with Gasteiger partial charge in [0.15, 0.2) is 0 Å². The number of aliphatic carboxylic acids is 1. The second-order valence-corrected chi connectivity index (χ2v) is 3.92. The minimum Gasteiger partial charge on any atom is -0.480 e. The highest BCUT2D eigenvalue weighted by molar-refractivity contribution is 9.09. The van der Waals surface area contributed by atoms with Gasteiger partial charge in [0, 0.05) is 0 Å². The normalized spacial score (nSPS) is 12.5. The maximum atomic E-state index is 10.8. The quantitative estimate of drug-likeness (QED) is 0.811. The zero-order chi connectivity index (χ0) is 10.0. The van der Waals surface area contributed by atoms with Gasteiger partial charge in [0.25, 0.3) is 0 Å². The molecule has 0 aromatic heterocycles. The van der Waals surface area contributed by atoms with Gasteiger partial charge in [0.2, 0.25) is 0 Å². The van der Waals surface area contributed by atoms with Crippen LogP contribution in [0.4, 0.5) is 0 Å². The van der Waals surface area contributed by atoms with E-state index in [0.29, 0.717) is 0 Å². The SMILES string of the molecule is Cc1cccc(C)c1C(Br)C(=O)O. The van der Waals surface area contributed by atoms with E-state index in [1.54, 1.807) is 0 Å². The number of halogens is 1. The molecule has 0 aliphatic heterocycles. The Bertz CT molecular complexity index is 313. The lowest BCUT2D eigenvalue weighted by molar-refractivity contribution is -0.136. The van der Waals surface area contributed by atoms with E-state index in [4.69, 9.17) is 5.11 Å². The van der Waals surface area contributed by atoms with Crippen LogP contribution in [0.1, 0.15) is 21.5 Å². The molecular weight excluding hydrogens is 232 g/mol. The number of alkyl halides is 1. The molecule has 0 saturated carbocycles. The van der Waals surface area contributed by atoms with Crippen LogP contribution in [-0.4, -0.2) is 11.1 Å². The predicted molar refractivity (Wildman–Crippen MR) is 55.2 cm³/mol. The number of carboxylic acids is 1. The van der Waals surface area contributed by atoms with Gasteiger partial charge in [-0.15, -0.1) is 0 Å². The Morgan fingerprint density at radius 1 is 1.38 bits per heavy atom. The van der Waals surface area contributed by atoms with Gasteiger partial charge in [-0.3, -0.25) is 4.79 Å². The number of hydrogen-bond donors (Lipinski definition) is 1. The number of aryl methyl sites for hydroxylation is 2. The highest BCUT2D eigenvalue weighted by atomic mass is 79.9. The molecule has 1 unspecified atom stereocenters. The van der Waals surface area contributed by atoms with E-state index in [0.717, 1.165) is 16.7 Å². The molecule has 1 aromatic rings. The van der Waals surface area contributed by atoms with Crippen molar-refractivity contribution in [3.63, 3.8) is 0 Å². The van der Waals surface area contributed by atoms with Crippen molar-refractivity contribution < 1.29 is 9.90 Å². The van der Waals surface area contributed by atoms with E-state index < -0.39 is 10.8 Å². The summed E-state index contributed by atoms with van der Waals surface area (Å²) in [5.41, 5.74) is 2.86. The van der Waals surface area contributed by atoms with Gasteiger partial charge < -0.3 is 5.11 Å². The predicted octanol–water partition coefficient (Wildman–Crippen LogP) is 2.82. The summed E-state index contributed by atoms with van der Waals surface area (Å²) in [5, 5.41) is 8.84. The van der Waals surface area contributed by atoms with Crippen molar-refractivity contribution in [1.82, 2.24) is 0 Å². The summed E-state index contributed by atoms with van der Waals surface area (Å²) in [6, 6.07) is 5.76. The Kier molecular flexibility index (Phi) is 3.09. The van der Waals surface area contributed by atoms with E-state index in [2.05, 4.69) is 15.9 Å². The molecule has 1 N–H and O–H groups in total. The van der Waals surface area contributed by atoms with Crippen molar-refractivity contribution in [2.45, 2.75) is 18.7 Å². The largest absolute Gasteiger partial charge is 0.480 e. The molecule has 0 spiro atoms. The number of hydrogen-bond acceptors (Lipinski definition) is 1. The van der Waals surface area contributed by atoms with Crippen LogP contribution in [0.5, 0.6) is 0 Å². The molecule has 0 heterocycles. The van der Waals surface area contributed by atoms with Crippen molar-refractivity contribution in [1.29, 1.82) is 0 Å². The summed E-state index contributed by atoms with van der Waals surface area (Å²) < 4.78 is 0. The number of rotatable bonds is 2. The Morgan fingerprint density at radius 2 is 1.85 bits per heavy atom. The van der Waals surface area contributed by atoms with Crippen LogP contribution in [0.2, 0.25) is 0 Å². The van der Waals surface area contributed by atoms with Gasteiger partial charge in [0.1, 0.15) is 4.83 Å². The van der Waals surface area contributed by atoms with Crippen molar-refractivity contribution >= 4 is 21.9 Å². The Morgan fingerprint density at radius 3 is 2.23 bits per heavy atom. The van der Waals surface area contributed by atoms with Gasteiger partial charge in [-0.05, 0) is 30.5 Å². The molecule has 0 bridgehead atoms. The third kappa shape index (κ3) is 2.10. The van der Waals surface area contributed by atoms with E-state index in [9.17, 15) is 4.79 Å². The second-order valence-electron chi connectivity index (χ2n) is 3.01. The van der Waals surface area contributed by atoms with Gasteiger partial charge in [-0.2, -0.15) is 0 Å². The molecule has 2 nitrogen and oxygen atoms in total. The van der Waals surface area contributed by atoms with Crippen LogP contribution < -0.4 is 0 Å². The molecule has 0 aliphatic carbocycles. The summed E-state index contributed by atoms with van der Waals surface area (Å²) in [5.74, 6) is -0.850. The Labute approximate surface area is 85.7 Å². The molecule has 1 rings (SSSR count). The first-order chi connectivity index (χ1) is 6.04. The summed E-state index contributed by atoms with van der Waals surface area (Å²) in [4.78, 5) is 10.2. The third-order valence-electron chi connectivity index (χ3n) is 2.01. The highest BCUT2D eigenvalue weighted by Crippen LogP contribution is 2.28. The van der Waals surface area contributed by atoms with Gasteiger partial charge in [-0.1, -0.05) is 34.1 Å². The molecule has 3 heteroatoms. The first-order valence-electron chi connectivity index (χ1n) is 3.97. The number of carbonyl (C=O) groups is 1. The van der Waals surface area contributed by atoms with Gasteiger partial charge in [0.05, 0.1) is 0 Å². The molecule has 0 aliphatic rings. The Hall–Kier alpha value is -0.830. The summed E-state index contributed by atoms with van der Waals surface area (Å²) in [7, 11) is 0. The topological polar surface area (TPSA) is 37.3 Å². The molecule has 0 amide bonds. The molecular formula is C10H11BrO2. The minimum absolute atomic E-state index is 0.603. The van der Waals surface area contributed by atoms with Gasteiger partial charge >= 0.3 is 5.97 Å².